The van der Waals surface area contributed by atoms with E-state index >= 15 is 0 Å². The highest BCUT2D eigenvalue weighted by molar-refractivity contribution is 8.00. The molecule has 3 heterocycles. The molecule has 1 fully saturated rings. The third kappa shape index (κ3) is 5.42. The zero-order valence-electron chi connectivity index (χ0n) is 22.3. The Labute approximate surface area is 248 Å². The third-order valence-electron chi connectivity index (χ3n) is 6.62. The molecule has 0 unspecified atom stereocenters. The van der Waals surface area contributed by atoms with Crippen molar-refractivity contribution in [2.24, 2.45) is 0 Å². The van der Waals surface area contributed by atoms with Gasteiger partial charge >= 0.3 is 5.91 Å². The van der Waals surface area contributed by atoms with Gasteiger partial charge in [0.2, 0.25) is 5.13 Å². The Kier molecular flexibility index (Phi) is 7.81. The summed E-state index contributed by atoms with van der Waals surface area (Å²) in [4.78, 5) is 28.4. The molecular weight excluding hydrogens is 581 g/mol. The van der Waals surface area contributed by atoms with Gasteiger partial charge in [0.05, 0.1) is 18.2 Å². The number of thioether (sulfide) groups is 1. The maximum Gasteiger partial charge on any atom is 0.301 e. The first-order chi connectivity index (χ1) is 20.4. The van der Waals surface area contributed by atoms with Crippen molar-refractivity contribution in [1.82, 2.24) is 10.2 Å². The first kappa shape index (κ1) is 27.7. The molecule has 6 rings (SSSR count). The van der Waals surface area contributed by atoms with Crippen LogP contribution in [-0.2, 0) is 15.3 Å². The van der Waals surface area contributed by atoms with E-state index in [9.17, 15) is 19.1 Å². The fourth-order valence-electron chi connectivity index (χ4n) is 4.72. The van der Waals surface area contributed by atoms with Gasteiger partial charge in [-0.3, -0.25) is 14.5 Å². The van der Waals surface area contributed by atoms with Crippen LogP contribution in [0.4, 0.5) is 9.52 Å². The summed E-state index contributed by atoms with van der Waals surface area (Å²) >= 11 is 2.52. The van der Waals surface area contributed by atoms with Crippen LogP contribution < -0.4 is 19.1 Å². The molecule has 12 heteroatoms. The van der Waals surface area contributed by atoms with E-state index in [1.807, 2.05) is 6.92 Å². The highest BCUT2D eigenvalue weighted by Crippen LogP contribution is 2.45. The molecule has 0 spiro atoms. The summed E-state index contributed by atoms with van der Waals surface area (Å²) in [6.07, 6.45) is 0. The van der Waals surface area contributed by atoms with Crippen LogP contribution in [0, 0.1) is 5.82 Å². The molecule has 214 valence electrons. The van der Waals surface area contributed by atoms with Gasteiger partial charge in [0, 0.05) is 11.3 Å². The lowest BCUT2D eigenvalue weighted by Gasteiger charge is -2.23. The van der Waals surface area contributed by atoms with Gasteiger partial charge in [-0.05, 0) is 60.5 Å². The van der Waals surface area contributed by atoms with Crippen LogP contribution in [-0.4, -0.2) is 46.8 Å². The lowest BCUT2D eigenvalue weighted by atomic mass is 9.95. The van der Waals surface area contributed by atoms with E-state index in [-0.39, 0.29) is 22.3 Å². The topological polar surface area (TPSA) is 111 Å². The standard InChI is InChI=1S/C30H24FN3O6S2/c1-2-38-21-5-3-4-18(14-21)25-24(26(35)19-8-11-22-23(15-19)40-13-12-39-22)27(36)28(37)34(25)29-32-33-30(42-29)41-16-17-6-9-20(31)10-7-17/h3-11,14-15,25,35H,2,12-13,16H2,1H3/b26-24+/t25-/m1/s1. The number of ether oxygens (including phenoxy) is 3. The number of aliphatic hydroxyl groups is 1. The predicted octanol–water partition coefficient (Wildman–Crippen LogP) is 5.77. The second-order valence-corrected chi connectivity index (χ2v) is 11.5. The Balaban J connectivity index is 1.39. The maximum atomic E-state index is 13.6. The van der Waals surface area contributed by atoms with Crippen LogP contribution in [0.2, 0.25) is 0 Å². The first-order valence-corrected chi connectivity index (χ1v) is 14.9. The Morgan fingerprint density at radius 1 is 1.07 bits per heavy atom. The molecule has 2 aliphatic rings. The number of halogens is 1. The van der Waals surface area contributed by atoms with E-state index in [0.717, 1.165) is 16.9 Å². The summed E-state index contributed by atoms with van der Waals surface area (Å²) in [5.41, 5.74) is 1.65. The maximum absolute atomic E-state index is 13.6. The Morgan fingerprint density at radius 3 is 2.64 bits per heavy atom. The number of fused-ring (bicyclic) bond motifs is 1. The summed E-state index contributed by atoms with van der Waals surface area (Å²) in [5.74, 6) is -0.348. The Bertz CT molecular complexity index is 1690. The quantitative estimate of drug-likeness (QED) is 0.0880. The highest BCUT2D eigenvalue weighted by Gasteiger charge is 2.48. The molecule has 0 bridgehead atoms. The average molecular weight is 606 g/mol. The summed E-state index contributed by atoms with van der Waals surface area (Å²) in [7, 11) is 0. The fraction of sp³-hybridized carbons (Fsp3) is 0.200. The SMILES string of the molecule is CCOc1cccc([C@@H]2/C(=C(\O)c3ccc4c(c3)OCCO4)C(=O)C(=O)N2c2nnc(SCc3ccc(F)cc3)s2)c1. The van der Waals surface area contributed by atoms with Gasteiger partial charge in [-0.2, -0.15) is 0 Å². The number of carbonyl (C=O) groups excluding carboxylic acids is 2. The van der Waals surface area contributed by atoms with E-state index in [4.69, 9.17) is 14.2 Å². The van der Waals surface area contributed by atoms with Gasteiger partial charge in [0.15, 0.2) is 15.8 Å². The number of rotatable bonds is 8. The lowest BCUT2D eigenvalue weighted by Crippen LogP contribution is -2.29. The van der Waals surface area contributed by atoms with Crippen molar-refractivity contribution in [3.63, 3.8) is 0 Å². The van der Waals surface area contributed by atoms with Crippen molar-refractivity contribution in [1.29, 1.82) is 0 Å². The van der Waals surface area contributed by atoms with Gasteiger partial charge in [0.1, 0.15) is 30.5 Å². The fourth-order valence-corrected chi connectivity index (χ4v) is 6.54. The van der Waals surface area contributed by atoms with Crippen molar-refractivity contribution in [3.05, 3.63) is 94.8 Å². The average Bonchev–Trinajstić information content (AvgIpc) is 3.58. The van der Waals surface area contributed by atoms with Crippen molar-refractivity contribution in [3.8, 4) is 17.2 Å². The van der Waals surface area contributed by atoms with Gasteiger partial charge in [-0.15, -0.1) is 10.2 Å². The number of ketones is 1. The van der Waals surface area contributed by atoms with Crippen LogP contribution in [0.1, 0.15) is 29.7 Å². The molecule has 4 aromatic rings. The molecule has 42 heavy (non-hydrogen) atoms. The van der Waals surface area contributed by atoms with E-state index < -0.39 is 17.7 Å². The molecule has 0 saturated carbocycles. The van der Waals surface area contributed by atoms with Crippen molar-refractivity contribution >= 4 is 45.7 Å². The number of benzene rings is 3. The van der Waals surface area contributed by atoms with Gasteiger partial charge in [-0.25, -0.2) is 4.39 Å². The smallest absolute Gasteiger partial charge is 0.301 e. The zero-order chi connectivity index (χ0) is 29.2. The number of amides is 1. The van der Waals surface area contributed by atoms with Crippen LogP contribution in [0.3, 0.4) is 0 Å². The minimum Gasteiger partial charge on any atom is -0.507 e. The second kappa shape index (κ2) is 11.8. The van der Waals surface area contributed by atoms with Crippen molar-refractivity contribution in [2.75, 3.05) is 24.7 Å². The number of aromatic nitrogens is 2. The van der Waals surface area contributed by atoms with Crippen LogP contribution in [0.15, 0.2) is 76.6 Å². The predicted molar refractivity (Wildman–Crippen MR) is 156 cm³/mol. The van der Waals surface area contributed by atoms with Crippen molar-refractivity contribution in [2.45, 2.75) is 23.1 Å². The minimum absolute atomic E-state index is 0.0963. The normalized spacial score (nSPS) is 17.5. The van der Waals surface area contributed by atoms with Crippen LogP contribution in [0.25, 0.3) is 5.76 Å². The zero-order valence-corrected chi connectivity index (χ0v) is 23.9. The summed E-state index contributed by atoms with van der Waals surface area (Å²) in [5, 5.41) is 20.2. The van der Waals surface area contributed by atoms with E-state index in [1.54, 1.807) is 54.6 Å². The molecule has 3 aromatic carbocycles. The molecule has 2 aliphatic heterocycles. The Morgan fingerprint density at radius 2 is 1.86 bits per heavy atom. The molecule has 0 radical (unpaired) electrons. The summed E-state index contributed by atoms with van der Waals surface area (Å²) < 4.78 is 30.8. The van der Waals surface area contributed by atoms with E-state index in [1.165, 1.54) is 28.8 Å². The first-order valence-electron chi connectivity index (χ1n) is 13.1. The number of aliphatic hydroxyl groups excluding tert-OH is 1. The number of hydrogen-bond donors (Lipinski definition) is 1. The molecule has 9 nitrogen and oxygen atoms in total. The molecule has 1 N–H and O–H groups in total. The molecule has 1 amide bonds. The van der Waals surface area contributed by atoms with Gasteiger partial charge in [0.25, 0.3) is 5.78 Å². The summed E-state index contributed by atoms with van der Waals surface area (Å²) in [6.45, 7) is 3.04. The molecule has 1 atom stereocenters. The summed E-state index contributed by atoms with van der Waals surface area (Å²) in [6, 6.07) is 17.0. The number of nitrogens with zero attached hydrogens (tertiary/aromatic N) is 3. The van der Waals surface area contributed by atoms with E-state index in [0.29, 0.717) is 58.3 Å². The number of anilines is 1. The van der Waals surface area contributed by atoms with Crippen LogP contribution >= 0.6 is 23.1 Å². The highest BCUT2D eigenvalue weighted by atomic mass is 32.2. The second-order valence-electron chi connectivity index (χ2n) is 9.30. The third-order valence-corrected chi connectivity index (χ3v) is 8.75. The molecular formula is C30H24FN3O6S2. The van der Waals surface area contributed by atoms with Gasteiger partial charge < -0.3 is 19.3 Å². The molecule has 0 aliphatic carbocycles. The van der Waals surface area contributed by atoms with E-state index in [2.05, 4.69) is 10.2 Å². The molecule has 1 aromatic heterocycles. The van der Waals surface area contributed by atoms with Crippen LogP contribution in [0.5, 0.6) is 17.2 Å². The Hall–Kier alpha value is -4.42. The number of Topliss-reactive ketones (excluding diaryl/α,β-unsaturated/α-hetero) is 1. The van der Waals surface area contributed by atoms with Gasteiger partial charge in [-0.1, -0.05) is 47.4 Å². The molecule has 1 saturated heterocycles. The lowest BCUT2D eigenvalue weighted by molar-refractivity contribution is -0.132. The monoisotopic (exact) mass is 605 g/mol. The number of carbonyl (C=O) groups is 2. The largest absolute Gasteiger partial charge is 0.507 e. The number of hydrogen-bond acceptors (Lipinski definition) is 10. The van der Waals surface area contributed by atoms with Crippen molar-refractivity contribution < 1.29 is 33.3 Å². The minimum atomic E-state index is -0.999.